The highest BCUT2D eigenvalue weighted by molar-refractivity contribution is 5.82. The van der Waals surface area contributed by atoms with Crippen molar-refractivity contribution in [2.75, 3.05) is 25.0 Å². The average Bonchev–Trinajstić information content (AvgIpc) is 3.36. The molecule has 10 heteroatoms. The molecule has 1 atom stereocenters. The monoisotopic (exact) mass is 405 g/mol. The van der Waals surface area contributed by atoms with Crippen molar-refractivity contribution in [3.8, 4) is 0 Å². The number of H-pyrrole nitrogens is 1. The fourth-order valence-corrected chi connectivity index (χ4v) is 4.29. The van der Waals surface area contributed by atoms with E-state index in [4.69, 9.17) is 10.7 Å². The maximum Gasteiger partial charge on any atom is 0.231 e. The lowest BCUT2D eigenvalue weighted by molar-refractivity contribution is -0.119. The van der Waals surface area contributed by atoms with E-state index >= 15 is 0 Å². The second-order valence-electron chi connectivity index (χ2n) is 7.56. The Kier molecular flexibility index (Phi) is 4.75. The van der Waals surface area contributed by atoms with Crippen molar-refractivity contribution in [2.45, 2.75) is 25.4 Å². The van der Waals surface area contributed by atoms with E-state index in [-0.39, 0.29) is 18.5 Å². The first-order chi connectivity index (χ1) is 14.7. The van der Waals surface area contributed by atoms with Crippen molar-refractivity contribution in [1.29, 1.82) is 0 Å². The minimum absolute atomic E-state index is 0.222. The maximum atomic E-state index is 11.4. The van der Waals surface area contributed by atoms with E-state index in [1.54, 1.807) is 6.33 Å². The molecule has 1 aliphatic heterocycles. The highest BCUT2D eigenvalue weighted by Gasteiger charge is 2.26. The third-order valence-electron chi connectivity index (χ3n) is 5.53. The van der Waals surface area contributed by atoms with Gasteiger partial charge in [0.25, 0.3) is 0 Å². The number of aromatic nitrogens is 6. The number of imidazole rings is 2. The molecule has 0 spiro atoms. The van der Waals surface area contributed by atoms with Crippen LogP contribution in [0.3, 0.4) is 0 Å². The molecule has 0 aliphatic carbocycles. The number of likely N-dealkylation sites (tertiary alicyclic amines) is 1. The van der Waals surface area contributed by atoms with Crippen molar-refractivity contribution in [3.05, 3.63) is 42.7 Å². The first-order valence-corrected chi connectivity index (χ1v) is 10.0. The second-order valence-corrected chi connectivity index (χ2v) is 7.56. The summed E-state index contributed by atoms with van der Waals surface area (Å²) in [4.78, 5) is 34.2. The van der Waals surface area contributed by atoms with Crippen LogP contribution in [-0.2, 0) is 11.3 Å². The summed E-state index contributed by atoms with van der Waals surface area (Å²) in [5.41, 5.74) is 8.86. The van der Waals surface area contributed by atoms with E-state index in [0.29, 0.717) is 18.0 Å². The minimum Gasteiger partial charge on any atom is -0.369 e. The summed E-state index contributed by atoms with van der Waals surface area (Å²) in [5.74, 6) is 1.32. The third kappa shape index (κ3) is 3.45. The number of piperidine rings is 1. The predicted octanol–water partition coefficient (Wildman–Crippen LogP) is 1.44. The van der Waals surface area contributed by atoms with Crippen LogP contribution in [0.4, 0.5) is 5.82 Å². The van der Waals surface area contributed by atoms with E-state index in [9.17, 15) is 4.79 Å². The van der Waals surface area contributed by atoms with Crippen molar-refractivity contribution in [2.24, 2.45) is 5.73 Å². The normalized spacial score (nSPS) is 17.5. The van der Waals surface area contributed by atoms with Crippen LogP contribution in [0.25, 0.3) is 22.2 Å². The number of hydrogen-bond donors (Lipinski definition) is 3. The molecule has 0 saturated carbocycles. The maximum absolute atomic E-state index is 11.4. The van der Waals surface area contributed by atoms with Gasteiger partial charge in [-0.25, -0.2) is 19.9 Å². The summed E-state index contributed by atoms with van der Waals surface area (Å²) in [7, 11) is 0. The molecule has 0 radical (unpaired) electrons. The van der Waals surface area contributed by atoms with Crippen LogP contribution in [0.15, 0.2) is 36.9 Å². The molecule has 4 N–H and O–H groups in total. The molecule has 1 saturated heterocycles. The lowest BCUT2D eigenvalue weighted by Gasteiger charge is -2.33. The zero-order valence-electron chi connectivity index (χ0n) is 16.5. The van der Waals surface area contributed by atoms with Gasteiger partial charge in [0, 0.05) is 12.6 Å². The van der Waals surface area contributed by atoms with E-state index in [2.05, 4.69) is 40.8 Å². The number of primary amides is 1. The lowest BCUT2D eigenvalue weighted by Crippen LogP contribution is -2.41. The first kappa shape index (κ1) is 18.5. The quantitative estimate of drug-likeness (QED) is 0.442. The minimum atomic E-state index is -0.291. The van der Waals surface area contributed by atoms with Gasteiger partial charge in [0.15, 0.2) is 11.5 Å². The molecule has 4 aromatic rings. The summed E-state index contributed by atoms with van der Waals surface area (Å²) in [6.07, 6.45) is 5.14. The fraction of sp³-hybridized carbons (Fsp3) is 0.350. The number of para-hydroxylation sites is 2. The highest BCUT2D eigenvalue weighted by atomic mass is 16.1. The number of nitrogens with two attached hydrogens (primary N) is 1. The van der Waals surface area contributed by atoms with Crippen molar-refractivity contribution >= 4 is 33.9 Å². The Labute approximate surface area is 172 Å². The molecule has 1 aliphatic rings. The summed E-state index contributed by atoms with van der Waals surface area (Å²) >= 11 is 0. The molecule has 3 aromatic heterocycles. The Morgan fingerprint density at radius 1 is 1.27 bits per heavy atom. The van der Waals surface area contributed by atoms with Gasteiger partial charge >= 0.3 is 0 Å². The number of fused-ring (bicyclic) bond motifs is 2. The molecule has 1 aromatic carbocycles. The van der Waals surface area contributed by atoms with Crippen LogP contribution < -0.4 is 11.1 Å². The van der Waals surface area contributed by atoms with E-state index in [1.807, 2.05) is 18.2 Å². The molecule has 10 nitrogen and oxygen atoms in total. The molecule has 5 rings (SSSR count). The number of nitrogens with one attached hydrogen (secondary N) is 2. The summed E-state index contributed by atoms with van der Waals surface area (Å²) in [6, 6.07) is 8.36. The van der Waals surface area contributed by atoms with Gasteiger partial charge in [-0.05, 0) is 31.5 Å². The standard InChI is InChI=1S/C20H23N9O/c21-16(30)10-28-7-3-4-13(9-28)29-15-6-2-1-5-14(15)27-17(29)8-22-19-18-20(24-11-23-18)26-12-25-19/h1-2,5-6,11-13H,3-4,7-10H2,(H2,21,30)(H2,22,23,24,25,26). The van der Waals surface area contributed by atoms with Crippen LogP contribution >= 0.6 is 0 Å². The zero-order valence-corrected chi connectivity index (χ0v) is 16.5. The Morgan fingerprint density at radius 2 is 2.17 bits per heavy atom. The number of amides is 1. The van der Waals surface area contributed by atoms with Gasteiger partial charge in [0.2, 0.25) is 5.91 Å². The molecule has 4 heterocycles. The second kappa shape index (κ2) is 7.71. The van der Waals surface area contributed by atoms with Crippen LogP contribution in [-0.4, -0.2) is 59.9 Å². The van der Waals surface area contributed by atoms with Gasteiger partial charge in [0.05, 0.1) is 30.5 Å². The van der Waals surface area contributed by atoms with Crippen LogP contribution in [0.2, 0.25) is 0 Å². The summed E-state index contributed by atoms with van der Waals surface area (Å²) < 4.78 is 2.29. The first-order valence-electron chi connectivity index (χ1n) is 10.0. The molecule has 30 heavy (non-hydrogen) atoms. The molecule has 1 amide bonds. The third-order valence-corrected chi connectivity index (χ3v) is 5.53. The summed E-state index contributed by atoms with van der Waals surface area (Å²) in [5, 5.41) is 3.38. The van der Waals surface area contributed by atoms with Crippen LogP contribution in [0, 0.1) is 0 Å². The van der Waals surface area contributed by atoms with Crippen molar-refractivity contribution in [3.63, 3.8) is 0 Å². The lowest BCUT2D eigenvalue weighted by atomic mass is 10.0. The zero-order chi connectivity index (χ0) is 20.5. The van der Waals surface area contributed by atoms with Crippen molar-refractivity contribution in [1.82, 2.24) is 34.4 Å². The molecular weight excluding hydrogens is 382 g/mol. The molecule has 0 bridgehead atoms. The SMILES string of the molecule is NC(=O)CN1CCCC(n2c(CNc3ncnc4nc[nH]c34)nc3ccccc32)C1. The number of anilines is 1. The van der Waals surface area contributed by atoms with E-state index < -0.39 is 0 Å². The van der Waals surface area contributed by atoms with Crippen LogP contribution in [0.1, 0.15) is 24.7 Å². The number of carbonyl (C=O) groups excluding carboxylic acids is 1. The number of nitrogens with zero attached hydrogens (tertiary/aromatic N) is 6. The number of benzene rings is 1. The number of carbonyl (C=O) groups is 1. The average molecular weight is 405 g/mol. The molecule has 1 unspecified atom stereocenters. The Bertz CT molecular complexity index is 1200. The highest BCUT2D eigenvalue weighted by Crippen LogP contribution is 2.28. The molecule has 154 valence electrons. The molecular formula is C20H23N9O. The van der Waals surface area contributed by atoms with Crippen LogP contribution in [0.5, 0.6) is 0 Å². The Morgan fingerprint density at radius 3 is 3.07 bits per heavy atom. The van der Waals surface area contributed by atoms with Gasteiger partial charge in [-0.15, -0.1) is 0 Å². The van der Waals surface area contributed by atoms with E-state index in [0.717, 1.165) is 48.3 Å². The fourth-order valence-electron chi connectivity index (χ4n) is 4.29. The number of rotatable bonds is 6. The smallest absolute Gasteiger partial charge is 0.231 e. The van der Waals surface area contributed by atoms with Gasteiger partial charge in [-0.2, -0.15) is 0 Å². The Hall–Kier alpha value is -3.53. The van der Waals surface area contributed by atoms with Gasteiger partial charge in [-0.1, -0.05) is 12.1 Å². The number of aromatic amines is 1. The van der Waals surface area contributed by atoms with E-state index in [1.165, 1.54) is 6.33 Å². The topological polar surface area (TPSA) is 131 Å². The summed E-state index contributed by atoms with van der Waals surface area (Å²) in [6.45, 7) is 2.45. The molecule has 1 fully saturated rings. The van der Waals surface area contributed by atoms with Gasteiger partial charge < -0.3 is 20.6 Å². The predicted molar refractivity (Wildman–Crippen MR) is 113 cm³/mol. The number of hydrogen-bond acceptors (Lipinski definition) is 7. The van der Waals surface area contributed by atoms with Gasteiger partial charge in [0.1, 0.15) is 17.7 Å². The van der Waals surface area contributed by atoms with Gasteiger partial charge in [-0.3, -0.25) is 9.69 Å². The van der Waals surface area contributed by atoms with Crippen molar-refractivity contribution < 1.29 is 4.79 Å². The largest absolute Gasteiger partial charge is 0.369 e. The Balaban J connectivity index is 1.46.